The first kappa shape index (κ1) is 21.9. The quantitative estimate of drug-likeness (QED) is 0.441. The number of halogens is 3. The topological polar surface area (TPSA) is 83.1 Å². The zero-order valence-electron chi connectivity index (χ0n) is 17.9. The molecule has 0 aliphatic carbocycles. The summed E-state index contributed by atoms with van der Waals surface area (Å²) in [5, 5.41) is 2.80. The van der Waals surface area contributed by atoms with E-state index in [1.165, 1.54) is 12.3 Å². The Hall–Kier alpha value is -3.92. The molecule has 5 rings (SSSR count). The van der Waals surface area contributed by atoms with Crippen molar-refractivity contribution >= 4 is 28.3 Å². The molecule has 0 saturated carbocycles. The summed E-state index contributed by atoms with van der Waals surface area (Å²) in [5.74, 6) is -1.06. The first-order valence-electron chi connectivity index (χ1n) is 10.7. The van der Waals surface area contributed by atoms with E-state index >= 15 is 0 Å². The van der Waals surface area contributed by atoms with Crippen LogP contribution in [0.4, 0.5) is 24.5 Å². The zero-order chi connectivity index (χ0) is 23.7. The van der Waals surface area contributed by atoms with Crippen LogP contribution in [-0.4, -0.2) is 47.2 Å². The van der Waals surface area contributed by atoms with E-state index in [2.05, 4.69) is 25.2 Å². The molecule has 1 amide bonds. The molecule has 1 aliphatic rings. The van der Waals surface area contributed by atoms with Crippen LogP contribution in [0.25, 0.3) is 22.4 Å². The first-order valence-corrected chi connectivity index (χ1v) is 10.7. The SMILES string of the molecule is O=C(Nc1cccnc1)c1cc(N2CCOCC2)cc2[nH]c(-c3ccc(F)cc3C(F)F)nc12. The van der Waals surface area contributed by atoms with Crippen LogP contribution in [0, 0.1) is 5.82 Å². The van der Waals surface area contributed by atoms with Gasteiger partial charge in [0, 0.05) is 36.1 Å². The molecule has 0 unspecified atom stereocenters. The Labute approximate surface area is 192 Å². The van der Waals surface area contributed by atoms with Crippen molar-refractivity contribution < 1.29 is 22.7 Å². The number of alkyl halides is 2. The maximum absolute atomic E-state index is 13.6. The number of imidazole rings is 1. The molecular formula is C24H20F3N5O2. The number of hydrogen-bond donors (Lipinski definition) is 2. The molecule has 2 N–H and O–H groups in total. The Bertz CT molecular complexity index is 1340. The van der Waals surface area contributed by atoms with Gasteiger partial charge < -0.3 is 19.9 Å². The van der Waals surface area contributed by atoms with Gasteiger partial charge in [0.15, 0.2) is 0 Å². The normalized spacial score (nSPS) is 14.1. The number of anilines is 2. The van der Waals surface area contributed by atoms with Gasteiger partial charge in [-0.1, -0.05) is 0 Å². The van der Waals surface area contributed by atoms with Gasteiger partial charge in [0.2, 0.25) is 0 Å². The van der Waals surface area contributed by atoms with Crippen molar-refractivity contribution in [2.75, 3.05) is 36.5 Å². The maximum Gasteiger partial charge on any atom is 0.264 e. The lowest BCUT2D eigenvalue weighted by molar-refractivity contribution is 0.102. The minimum absolute atomic E-state index is 0.0686. The summed E-state index contributed by atoms with van der Waals surface area (Å²) in [7, 11) is 0. The molecule has 4 aromatic rings. The number of hydrogen-bond acceptors (Lipinski definition) is 5. The van der Waals surface area contributed by atoms with Gasteiger partial charge in [-0.15, -0.1) is 0 Å². The Morgan fingerprint density at radius 3 is 2.71 bits per heavy atom. The van der Waals surface area contributed by atoms with Crippen molar-refractivity contribution in [1.82, 2.24) is 15.0 Å². The van der Waals surface area contributed by atoms with E-state index in [1.807, 2.05) is 6.07 Å². The van der Waals surface area contributed by atoms with Crippen LogP contribution in [0.15, 0.2) is 54.9 Å². The van der Waals surface area contributed by atoms with Gasteiger partial charge >= 0.3 is 0 Å². The highest BCUT2D eigenvalue weighted by atomic mass is 19.3. The van der Waals surface area contributed by atoms with E-state index < -0.39 is 23.7 Å². The summed E-state index contributed by atoms with van der Waals surface area (Å²) in [4.78, 5) is 26.8. The third-order valence-electron chi connectivity index (χ3n) is 5.62. The third-order valence-corrected chi connectivity index (χ3v) is 5.62. The van der Waals surface area contributed by atoms with Gasteiger partial charge in [-0.05, 0) is 42.5 Å². The number of aromatic nitrogens is 3. The molecule has 10 heteroatoms. The molecule has 34 heavy (non-hydrogen) atoms. The van der Waals surface area contributed by atoms with Crippen LogP contribution in [0.1, 0.15) is 22.3 Å². The van der Waals surface area contributed by atoms with Gasteiger partial charge in [-0.3, -0.25) is 9.78 Å². The number of pyridine rings is 1. The van der Waals surface area contributed by atoms with Gasteiger partial charge in [-0.2, -0.15) is 0 Å². The van der Waals surface area contributed by atoms with Crippen LogP contribution in [-0.2, 0) is 4.74 Å². The molecule has 174 valence electrons. The van der Waals surface area contributed by atoms with Gasteiger partial charge in [0.25, 0.3) is 12.3 Å². The van der Waals surface area contributed by atoms with Crippen molar-refractivity contribution in [3.05, 3.63) is 71.8 Å². The predicted octanol–water partition coefficient (Wildman–Crippen LogP) is 4.79. The highest BCUT2D eigenvalue weighted by Gasteiger charge is 2.22. The molecule has 0 atom stereocenters. The van der Waals surface area contributed by atoms with Crippen molar-refractivity contribution in [2.45, 2.75) is 6.43 Å². The summed E-state index contributed by atoms with van der Waals surface area (Å²) in [6.07, 6.45) is 0.219. The lowest BCUT2D eigenvalue weighted by atomic mass is 10.1. The minimum atomic E-state index is -2.89. The largest absolute Gasteiger partial charge is 0.378 e. The molecule has 2 aromatic heterocycles. The van der Waals surface area contributed by atoms with Crippen LogP contribution >= 0.6 is 0 Å². The number of H-pyrrole nitrogens is 1. The summed E-state index contributed by atoms with van der Waals surface area (Å²) >= 11 is 0. The molecule has 0 bridgehead atoms. The second-order valence-corrected chi connectivity index (χ2v) is 7.80. The van der Waals surface area contributed by atoms with Gasteiger partial charge in [-0.25, -0.2) is 18.2 Å². The number of benzene rings is 2. The van der Waals surface area contributed by atoms with E-state index in [0.717, 1.165) is 17.8 Å². The highest BCUT2D eigenvalue weighted by Crippen LogP contribution is 2.34. The van der Waals surface area contributed by atoms with Gasteiger partial charge in [0.1, 0.15) is 17.2 Å². The Kier molecular flexibility index (Phi) is 5.89. The number of nitrogens with one attached hydrogen (secondary N) is 2. The third kappa shape index (κ3) is 4.32. The molecule has 1 fully saturated rings. The zero-order valence-corrected chi connectivity index (χ0v) is 17.9. The molecule has 0 radical (unpaired) electrons. The Morgan fingerprint density at radius 2 is 1.97 bits per heavy atom. The summed E-state index contributed by atoms with van der Waals surface area (Å²) < 4.78 is 46.3. The van der Waals surface area contributed by atoms with Gasteiger partial charge in [0.05, 0.1) is 36.2 Å². The Balaban J connectivity index is 1.63. The smallest absolute Gasteiger partial charge is 0.264 e. The average Bonchev–Trinajstić information content (AvgIpc) is 3.28. The number of ether oxygens (including phenoxy) is 1. The number of aromatic amines is 1. The number of carbonyl (C=O) groups is 1. The summed E-state index contributed by atoms with van der Waals surface area (Å²) in [6.45, 7) is 2.39. The van der Waals surface area contributed by atoms with E-state index in [1.54, 1.807) is 24.4 Å². The van der Waals surface area contributed by atoms with E-state index in [0.29, 0.717) is 43.0 Å². The fourth-order valence-corrected chi connectivity index (χ4v) is 3.97. The van der Waals surface area contributed by atoms with Crippen molar-refractivity contribution in [3.63, 3.8) is 0 Å². The molecule has 3 heterocycles. The second-order valence-electron chi connectivity index (χ2n) is 7.80. The lowest BCUT2D eigenvalue weighted by Gasteiger charge is -2.29. The molecule has 0 spiro atoms. The fourth-order valence-electron chi connectivity index (χ4n) is 3.97. The number of rotatable bonds is 5. The number of amides is 1. The molecule has 2 aromatic carbocycles. The molecule has 1 aliphatic heterocycles. The fraction of sp³-hybridized carbons (Fsp3) is 0.208. The second kappa shape index (κ2) is 9.14. The van der Waals surface area contributed by atoms with Crippen molar-refractivity contribution in [3.8, 4) is 11.4 Å². The van der Waals surface area contributed by atoms with Crippen LogP contribution in [0.2, 0.25) is 0 Å². The lowest BCUT2D eigenvalue weighted by Crippen LogP contribution is -2.36. The number of nitrogens with zero attached hydrogens (tertiary/aromatic N) is 3. The van der Waals surface area contributed by atoms with E-state index in [4.69, 9.17) is 4.74 Å². The van der Waals surface area contributed by atoms with Crippen LogP contribution in [0.3, 0.4) is 0 Å². The van der Waals surface area contributed by atoms with Crippen LogP contribution in [0.5, 0.6) is 0 Å². The first-order chi connectivity index (χ1) is 16.5. The summed E-state index contributed by atoms with van der Waals surface area (Å²) in [6, 6.07) is 10.1. The highest BCUT2D eigenvalue weighted by molar-refractivity contribution is 6.12. The van der Waals surface area contributed by atoms with E-state index in [-0.39, 0.29) is 17.0 Å². The van der Waals surface area contributed by atoms with Crippen LogP contribution < -0.4 is 10.2 Å². The number of morpholine rings is 1. The summed E-state index contributed by atoms with van der Waals surface area (Å²) in [5.41, 5.74) is 1.96. The maximum atomic E-state index is 13.6. The van der Waals surface area contributed by atoms with Crippen molar-refractivity contribution in [2.24, 2.45) is 0 Å². The van der Waals surface area contributed by atoms with E-state index in [9.17, 15) is 18.0 Å². The molecular weight excluding hydrogens is 447 g/mol. The number of carbonyl (C=O) groups excluding carboxylic acids is 1. The Morgan fingerprint density at radius 1 is 1.15 bits per heavy atom. The molecule has 7 nitrogen and oxygen atoms in total. The molecule has 1 saturated heterocycles. The standard InChI is InChI=1S/C24H20F3N5O2/c25-14-3-4-17(18(10-14)22(26)27)23-30-20-12-16(32-6-8-34-9-7-32)11-19(21(20)31-23)24(33)29-15-2-1-5-28-13-15/h1-5,10-13,22H,6-9H2,(H,29,33)(H,30,31). The predicted molar refractivity (Wildman–Crippen MR) is 122 cm³/mol. The monoisotopic (exact) mass is 467 g/mol. The average molecular weight is 467 g/mol. The number of fused-ring (bicyclic) bond motifs is 1. The van der Waals surface area contributed by atoms with Crippen molar-refractivity contribution in [1.29, 1.82) is 0 Å². The minimum Gasteiger partial charge on any atom is -0.378 e.